The number of hydrogen-bond donors (Lipinski definition) is 0. The molecule has 0 aliphatic heterocycles. The summed E-state index contributed by atoms with van der Waals surface area (Å²) in [5.74, 6) is 4.84. The van der Waals surface area contributed by atoms with Crippen LogP contribution in [0.4, 0.5) is 0 Å². The molecule has 0 nitrogen and oxygen atoms in total. The highest BCUT2D eigenvalue weighted by Gasteiger charge is 2.23. The van der Waals surface area contributed by atoms with Crippen molar-refractivity contribution in [3.63, 3.8) is 0 Å². The lowest BCUT2D eigenvalue weighted by Gasteiger charge is -2.22. The first-order valence-electron chi connectivity index (χ1n) is 11.0. The molecule has 3 aliphatic rings. The predicted molar refractivity (Wildman–Crippen MR) is 106 cm³/mol. The van der Waals surface area contributed by atoms with E-state index in [4.69, 9.17) is 0 Å². The molecule has 0 saturated heterocycles. The van der Waals surface area contributed by atoms with Crippen molar-refractivity contribution in [1.29, 1.82) is 0 Å². The van der Waals surface area contributed by atoms with E-state index in [0.29, 0.717) is 0 Å². The summed E-state index contributed by atoms with van der Waals surface area (Å²) >= 11 is 0. The molecule has 0 aromatic carbocycles. The quantitative estimate of drug-likeness (QED) is 0.449. The van der Waals surface area contributed by atoms with Gasteiger partial charge in [0, 0.05) is 0 Å². The van der Waals surface area contributed by atoms with E-state index in [1.54, 1.807) is 11.1 Å². The molecule has 24 heavy (non-hydrogen) atoms. The van der Waals surface area contributed by atoms with Gasteiger partial charge in [0.2, 0.25) is 0 Å². The molecule has 2 saturated carbocycles. The lowest BCUT2D eigenvalue weighted by atomic mass is 9.84. The van der Waals surface area contributed by atoms with Crippen molar-refractivity contribution in [2.24, 2.45) is 29.6 Å². The highest BCUT2D eigenvalue weighted by atomic mass is 14.3. The van der Waals surface area contributed by atoms with Crippen molar-refractivity contribution >= 4 is 0 Å². The Balaban J connectivity index is 1.41. The standard InChI is InChI=1S/C24H40/c1-18-7-10-21(15-18)5-4-6-22-12-9-20(3)24(17-22)14-13-23-11-8-19(2)16-23/h12,17-21,23H,4-11,13-16H2,1-3H3. The minimum Gasteiger partial charge on any atom is -0.0807 e. The predicted octanol–water partition coefficient (Wildman–Crippen LogP) is 7.70. The second-order valence-electron chi connectivity index (χ2n) is 9.63. The molecule has 0 radical (unpaired) electrons. The maximum atomic E-state index is 2.60. The third kappa shape index (κ3) is 5.24. The molecule has 0 heterocycles. The molecule has 0 heteroatoms. The van der Waals surface area contributed by atoms with E-state index < -0.39 is 0 Å². The number of rotatable bonds is 7. The first kappa shape index (κ1) is 18.3. The van der Waals surface area contributed by atoms with Crippen LogP contribution >= 0.6 is 0 Å². The van der Waals surface area contributed by atoms with Crippen LogP contribution in [0.5, 0.6) is 0 Å². The molecule has 136 valence electrons. The topological polar surface area (TPSA) is 0 Å². The molecular weight excluding hydrogens is 288 g/mol. The van der Waals surface area contributed by atoms with E-state index in [0.717, 1.165) is 29.6 Å². The zero-order valence-corrected chi connectivity index (χ0v) is 16.5. The van der Waals surface area contributed by atoms with Crippen molar-refractivity contribution in [3.8, 4) is 0 Å². The second kappa shape index (κ2) is 8.72. The molecular formula is C24H40. The lowest BCUT2D eigenvalue weighted by Crippen LogP contribution is -2.06. The minimum atomic E-state index is 0.795. The van der Waals surface area contributed by atoms with Crippen LogP contribution in [0.15, 0.2) is 23.3 Å². The van der Waals surface area contributed by atoms with Crippen LogP contribution in [0.3, 0.4) is 0 Å². The van der Waals surface area contributed by atoms with Gasteiger partial charge in [-0.15, -0.1) is 0 Å². The lowest BCUT2D eigenvalue weighted by molar-refractivity contribution is 0.460. The SMILES string of the molecule is CC1CCC(CCCC2=CCC(C)C(CCC3CCC(C)C3)=C2)C1. The fraction of sp³-hybridized carbons (Fsp3) is 0.833. The molecule has 5 atom stereocenters. The fourth-order valence-electron chi connectivity index (χ4n) is 5.55. The van der Waals surface area contributed by atoms with Crippen LogP contribution in [0.1, 0.15) is 97.8 Å². The van der Waals surface area contributed by atoms with Gasteiger partial charge in [0.15, 0.2) is 0 Å². The molecule has 0 amide bonds. The first-order chi connectivity index (χ1) is 11.6. The first-order valence-corrected chi connectivity index (χ1v) is 11.0. The van der Waals surface area contributed by atoms with E-state index in [2.05, 4.69) is 32.9 Å². The molecule has 0 N–H and O–H groups in total. The Labute approximate surface area is 151 Å². The minimum absolute atomic E-state index is 0.795. The van der Waals surface area contributed by atoms with Crippen LogP contribution in [0, 0.1) is 29.6 Å². The summed E-state index contributed by atoms with van der Waals surface area (Å²) in [6, 6.07) is 0. The molecule has 0 aromatic heterocycles. The Morgan fingerprint density at radius 3 is 2.12 bits per heavy atom. The molecule has 0 spiro atoms. The fourth-order valence-corrected chi connectivity index (χ4v) is 5.55. The van der Waals surface area contributed by atoms with E-state index in [1.165, 1.54) is 77.0 Å². The Hall–Kier alpha value is -0.520. The molecule has 3 rings (SSSR count). The van der Waals surface area contributed by atoms with Gasteiger partial charge < -0.3 is 0 Å². The van der Waals surface area contributed by atoms with Crippen molar-refractivity contribution < 1.29 is 0 Å². The Bertz CT molecular complexity index is 455. The average Bonchev–Trinajstić information content (AvgIpc) is 3.16. The summed E-state index contributed by atoms with van der Waals surface area (Å²) in [5, 5.41) is 0. The molecule has 2 fully saturated rings. The van der Waals surface area contributed by atoms with Gasteiger partial charge in [-0.3, -0.25) is 0 Å². The Morgan fingerprint density at radius 2 is 1.50 bits per heavy atom. The molecule has 3 aliphatic carbocycles. The Kier molecular flexibility index (Phi) is 6.64. The number of allylic oxidation sites excluding steroid dienone is 4. The van der Waals surface area contributed by atoms with Gasteiger partial charge >= 0.3 is 0 Å². The van der Waals surface area contributed by atoms with E-state index in [9.17, 15) is 0 Å². The zero-order chi connectivity index (χ0) is 16.9. The summed E-state index contributed by atoms with van der Waals surface area (Å²) in [5.41, 5.74) is 3.43. The third-order valence-corrected chi connectivity index (χ3v) is 7.26. The normalized spacial score (nSPS) is 36.7. The largest absolute Gasteiger partial charge is 0.0807 e. The van der Waals surface area contributed by atoms with Crippen LogP contribution in [-0.4, -0.2) is 0 Å². The maximum absolute atomic E-state index is 2.60. The summed E-state index contributed by atoms with van der Waals surface area (Å²) in [4.78, 5) is 0. The van der Waals surface area contributed by atoms with Gasteiger partial charge in [-0.1, -0.05) is 76.2 Å². The smallest absolute Gasteiger partial charge is 0.0194 e. The van der Waals surface area contributed by atoms with Gasteiger partial charge in [0.25, 0.3) is 0 Å². The molecule has 0 bridgehead atoms. The maximum Gasteiger partial charge on any atom is -0.0194 e. The van der Waals surface area contributed by atoms with Crippen LogP contribution < -0.4 is 0 Å². The van der Waals surface area contributed by atoms with Crippen LogP contribution in [0.2, 0.25) is 0 Å². The van der Waals surface area contributed by atoms with Crippen LogP contribution in [-0.2, 0) is 0 Å². The summed E-state index contributed by atoms with van der Waals surface area (Å²) in [7, 11) is 0. The van der Waals surface area contributed by atoms with Crippen molar-refractivity contribution in [2.75, 3.05) is 0 Å². The number of hydrogen-bond acceptors (Lipinski definition) is 0. The molecule has 0 aromatic rings. The highest BCUT2D eigenvalue weighted by Crippen LogP contribution is 2.37. The van der Waals surface area contributed by atoms with Crippen molar-refractivity contribution in [1.82, 2.24) is 0 Å². The van der Waals surface area contributed by atoms with E-state index >= 15 is 0 Å². The summed E-state index contributed by atoms with van der Waals surface area (Å²) in [6.07, 6.45) is 22.4. The van der Waals surface area contributed by atoms with E-state index in [-0.39, 0.29) is 0 Å². The zero-order valence-electron chi connectivity index (χ0n) is 16.5. The molecule has 5 unspecified atom stereocenters. The van der Waals surface area contributed by atoms with Crippen molar-refractivity contribution in [2.45, 2.75) is 97.8 Å². The average molecular weight is 329 g/mol. The highest BCUT2D eigenvalue weighted by molar-refractivity contribution is 5.29. The van der Waals surface area contributed by atoms with Crippen molar-refractivity contribution in [3.05, 3.63) is 23.3 Å². The van der Waals surface area contributed by atoms with Gasteiger partial charge in [-0.05, 0) is 74.5 Å². The van der Waals surface area contributed by atoms with E-state index in [1.807, 2.05) is 0 Å². The van der Waals surface area contributed by atoms with Gasteiger partial charge in [-0.25, -0.2) is 0 Å². The second-order valence-corrected chi connectivity index (χ2v) is 9.63. The summed E-state index contributed by atoms with van der Waals surface area (Å²) < 4.78 is 0. The Morgan fingerprint density at radius 1 is 0.833 bits per heavy atom. The monoisotopic (exact) mass is 328 g/mol. The van der Waals surface area contributed by atoms with Crippen LogP contribution in [0.25, 0.3) is 0 Å². The van der Waals surface area contributed by atoms with Gasteiger partial charge in [0.05, 0.1) is 0 Å². The van der Waals surface area contributed by atoms with Gasteiger partial charge in [0.1, 0.15) is 0 Å². The summed E-state index contributed by atoms with van der Waals surface area (Å²) in [6.45, 7) is 7.32. The van der Waals surface area contributed by atoms with Gasteiger partial charge in [-0.2, -0.15) is 0 Å². The third-order valence-electron chi connectivity index (χ3n) is 7.26.